The van der Waals surface area contributed by atoms with Crippen LogP contribution < -0.4 is 4.74 Å². The topological polar surface area (TPSA) is 54.7 Å². The predicted molar refractivity (Wildman–Crippen MR) is 125 cm³/mol. The first kappa shape index (κ1) is 21.6. The molecule has 0 spiro atoms. The maximum Gasteiger partial charge on any atom is 0.162 e. The number of aliphatic hydroxyl groups excluding tert-OH is 1. The molecule has 3 aromatic rings. The molecule has 0 radical (unpaired) electrons. The predicted octanol–water partition coefficient (Wildman–Crippen LogP) is 4.68. The fraction of sp³-hybridized carbons (Fsp3) is 0.423. The van der Waals surface area contributed by atoms with Gasteiger partial charge in [0, 0.05) is 28.9 Å². The van der Waals surface area contributed by atoms with E-state index in [2.05, 4.69) is 40.7 Å². The second-order valence-electron chi connectivity index (χ2n) is 8.69. The van der Waals surface area contributed by atoms with Gasteiger partial charge in [0.2, 0.25) is 0 Å². The van der Waals surface area contributed by atoms with E-state index >= 15 is 0 Å². The lowest BCUT2D eigenvalue weighted by Gasteiger charge is -2.28. The zero-order valence-corrected chi connectivity index (χ0v) is 18.7. The first-order valence-electron chi connectivity index (χ1n) is 11.2. The van der Waals surface area contributed by atoms with E-state index in [0.29, 0.717) is 12.3 Å². The molecule has 164 valence electrons. The van der Waals surface area contributed by atoms with E-state index in [1.807, 2.05) is 25.1 Å². The number of nitrogens with zero attached hydrogens (tertiary/aromatic N) is 2. The van der Waals surface area contributed by atoms with Crippen LogP contribution in [0.3, 0.4) is 0 Å². The van der Waals surface area contributed by atoms with Gasteiger partial charge < -0.3 is 19.3 Å². The molecule has 0 amide bonds. The van der Waals surface area contributed by atoms with Crippen LogP contribution in [0.25, 0.3) is 16.6 Å². The van der Waals surface area contributed by atoms with E-state index in [9.17, 15) is 9.90 Å². The molecule has 1 aliphatic heterocycles. The minimum absolute atomic E-state index is 0.0376. The van der Waals surface area contributed by atoms with Gasteiger partial charge in [-0.3, -0.25) is 4.79 Å². The Hall–Kier alpha value is -2.63. The van der Waals surface area contributed by atoms with Crippen molar-refractivity contribution in [1.29, 1.82) is 0 Å². The van der Waals surface area contributed by atoms with Crippen LogP contribution in [0.5, 0.6) is 5.75 Å². The Bertz CT molecular complexity index is 1060. The summed E-state index contributed by atoms with van der Waals surface area (Å²) in [6.45, 7) is 8.65. The summed E-state index contributed by atoms with van der Waals surface area (Å²) in [6.07, 6.45) is 3.16. The van der Waals surface area contributed by atoms with Gasteiger partial charge in [-0.05, 0) is 77.0 Å². The Morgan fingerprint density at radius 2 is 1.77 bits per heavy atom. The molecule has 0 bridgehead atoms. The molecular weight excluding hydrogens is 388 g/mol. The zero-order valence-electron chi connectivity index (χ0n) is 18.7. The van der Waals surface area contributed by atoms with Crippen LogP contribution in [0.15, 0.2) is 42.5 Å². The number of Topliss-reactive ketones (excluding diaryl/α,β-unsaturated/α-hetero) is 1. The molecule has 1 fully saturated rings. The van der Waals surface area contributed by atoms with E-state index in [1.54, 1.807) is 6.92 Å². The molecule has 1 aliphatic rings. The summed E-state index contributed by atoms with van der Waals surface area (Å²) in [5.74, 6) is 0.712. The van der Waals surface area contributed by atoms with Gasteiger partial charge in [0.15, 0.2) is 5.78 Å². The number of fused-ring (bicyclic) bond motifs is 1. The standard InChI is InChI=1S/C26H32N2O3/c1-18-7-9-21(10-8-18)28-19(2)26(20(3)29)24-15-23(11-12-25(24)28)31-17-22(30)16-27-13-5-4-6-14-27/h7-12,15,22,30H,4-6,13-14,16-17H2,1-3H3. The highest BCUT2D eigenvalue weighted by atomic mass is 16.5. The first-order chi connectivity index (χ1) is 14.9. The largest absolute Gasteiger partial charge is 0.491 e. The molecule has 4 rings (SSSR count). The van der Waals surface area contributed by atoms with Crippen molar-refractivity contribution in [2.24, 2.45) is 0 Å². The summed E-state index contributed by atoms with van der Waals surface area (Å²) in [5, 5.41) is 11.3. The van der Waals surface area contributed by atoms with Gasteiger partial charge in [0.1, 0.15) is 18.5 Å². The summed E-state index contributed by atoms with van der Waals surface area (Å²) in [4.78, 5) is 14.8. The maximum absolute atomic E-state index is 12.5. The van der Waals surface area contributed by atoms with Gasteiger partial charge in [-0.25, -0.2) is 0 Å². The van der Waals surface area contributed by atoms with E-state index < -0.39 is 6.10 Å². The Kier molecular flexibility index (Phi) is 6.44. The van der Waals surface area contributed by atoms with Crippen molar-refractivity contribution in [3.8, 4) is 11.4 Å². The van der Waals surface area contributed by atoms with Crippen LogP contribution in [0.2, 0.25) is 0 Å². The molecule has 0 aliphatic carbocycles. The maximum atomic E-state index is 12.5. The van der Waals surface area contributed by atoms with Crippen molar-refractivity contribution in [3.05, 3.63) is 59.3 Å². The van der Waals surface area contributed by atoms with Crippen LogP contribution in [0, 0.1) is 13.8 Å². The molecule has 31 heavy (non-hydrogen) atoms. The summed E-state index contributed by atoms with van der Waals surface area (Å²) >= 11 is 0. The monoisotopic (exact) mass is 420 g/mol. The average Bonchev–Trinajstić information content (AvgIpc) is 3.05. The number of piperidine rings is 1. The molecule has 1 unspecified atom stereocenters. The van der Waals surface area contributed by atoms with Crippen LogP contribution in [-0.4, -0.2) is 52.7 Å². The quantitative estimate of drug-likeness (QED) is 0.564. The lowest BCUT2D eigenvalue weighted by molar-refractivity contribution is 0.0617. The molecule has 1 atom stereocenters. The minimum atomic E-state index is -0.528. The Balaban J connectivity index is 1.58. The molecule has 5 heteroatoms. The minimum Gasteiger partial charge on any atom is -0.491 e. The van der Waals surface area contributed by atoms with Gasteiger partial charge in [-0.15, -0.1) is 0 Å². The number of rotatable bonds is 7. The van der Waals surface area contributed by atoms with Crippen molar-refractivity contribution < 1.29 is 14.6 Å². The highest BCUT2D eigenvalue weighted by Gasteiger charge is 2.20. The van der Waals surface area contributed by atoms with Crippen molar-refractivity contribution >= 4 is 16.7 Å². The fourth-order valence-corrected chi connectivity index (χ4v) is 4.64. The number of carbonyl (C=O) groups excluding carboxylic acids is 1. The van der Waals surface area contributed by atoms with Crippen LogP contribution in [0.4, 0.5) is 0 Å². The SMILES string of the molecule is CC(=O)c1c(C)n(-c2ccc(C)cc2)c2ccc(OCC(O)CN3CCCCC3)cc12. The number of ether oxygens (including phenoxy) is 1. The normalized spacial score (nSPS) is 15.9. The van der Waals surface area contributed by atoms with E-state index in [1.165, 1.54) is 24.8 Å². The number of hydrogen-bond acceptors (Lipinski definition) is 4. The molecule has 2 aromatic carbocycles. The number of hydrogen-bond donors (Lipinski definition) is 1. The first-order valence-corrected chi connectivity index (χ1v) is 11.2. The van der Waals surface area contributed by atoms with Crippen molar-refractivity contribution in [2.45, 2.75) is 46.1 Å². The average molecular weight is 421 g/mol. The molecule has 5 nitrogen and oxygen atoms in total. The third-order valence-electron chi connectivity index (χ3n) is 6.18. The molecule has 1 saturated heterocycles. The summed E-state index contributed by atoms with van der Waals surface area (Å²) in [5.41, 5.74) is 4.85. The van der Waals surface area contributed by atoms with Crippen molar-refractivity contribution in [2.75, 3.05) is 26.2 Å². The number of aryl methyl sites for hydroxylation is 1. The summed E-state index contributed by atoms with van der Waals surface area (Å²) in [6, 6.07) is 14.2. The summed E-state index contributed by atoms with van der Waals surface area (Å²) in [7, 11) is 0. The van der Waals surface area contributed by atoms with Crippen LogP contribution in [0.1, 0.15) is 47.8 Å². The molecule has 0 saturated carbocycles. The fourth-order valence-electron chi connectivity index (χ4n) is 4.64. The van der Waals surface area contributed by atoms with Crippen molar-refractivity contribution in [3.63, 3.8) is 0 Å². The third-order valence-corrected chi connectivity index (χ3v) is 6.18. The number of aliphatic hydroxyl groups is 1. The smallest absolute Gasteiger partial charge is 0.162 e. The van der Waals surface area contributed by atoms with Gasteiger partial charge in [0.25, 0.3) is 0 Å². The second kappa shape index (κ2) is 9.25. The molecule has 1 aromatic heterocycles. The summed E-state index contributed by atoms with van der Waals surface area (Å²) < 4.78 is 8.05. The number of likely N-dealkylation sites (tertiary alicyclic amines) is 1. The van der Waals surface area contributed by atoms with Gasteiger partial charge in [0.05, 0.1) is 5.52 Å². The zero-order chi connectivity index (χ0) is 22.0. The molecule has 2 heterocycles. The van der Waals surface area contributed by atoms with Gasteiger partial charge in [-0.2, -0.15) is 0 Å². The lowest BCUT2D eigenvalue weighted by atomic mass is 10.1. The highest BCUT2D eigenvalue weighted by Crippen LogP contribution is 2.32. The third kappa shape index (κ3) is 4.68. The van der Waals surface area contributed by atoms with E-state index in [0.717, 1.165) is 40.9 Å². The highest BCUT2D eigenvalue weighted by molar-refractivity contribution is 6.09. The number of benzene rings is 2. The Labute approximate surface area is 184 Å². The van der Waals surface area contributed by atoms with Crippen LogP contribution >= 0.6 is 0 Å². The van der Waals surface area contributed by atoms with E-state index in [4.69, 9.17) is 4.74 Å². The Morgan fingerprint density at radius 3 is 2.45 bits per heavy atom. The van der Waals surface area contributed by atoms with Crippen molar-refractivity contribution in [1.82, 2.24) is 9.47 Å². The Morgan fingerprint density at radius 1 is 1.06 bits per heavy atom. The number of aromatic nitrogens is 1. The molecule has 1 N–H and O–H groups in total. The number of ketones is 1. The number of carbonyl (C=O) groups is 1. The van der Waals surface area contributed by atoms with Gasteiger partial charge in [-0.1, -0.05) is 24.1 Å². The lowest BCUT2D eigenvalue weighted by Crippen LogP contribution is -2.38. The van der Waals surface area contributed by atoms with Crippen LogP contribution in [-0.2, 0) is 0 Å². The molecular formula is C26H32N2O3. The van der Waals surface area contributed by atoms with Gasteiger partial charge >= 0.3 is 0 Å². The second-order valence-corrected chi connectivity index (χ2v) is 8.69. The number of β-amino-alcohol motifs (C(OH)–C–C–N with tert-alkyl or cyclic N) is 1. The van der Waals surface area contributed by atoms with E-state index in [-0.39, 0.29) is 12.4 Å².